The lowest BCUT2D eigenvalue weighted by molar-refractivity contribution is -0.116. The maximum absolute atomic E-state index is 12.0. The highest BCUT2D eigenvalue weighted by molar-refractivity contribution is 5.96. The van der Waals surface area contributed by atoms with Crippen molar-refractivity contribution >= 4 is 23.7 Å². The molecule has 0 fully saturated rings. The monoisotopic (exact) mass is 309 g/mol. The number of rotatable bonds is 6. The van der Waals surface area contributed by atoms with E-state index in [9.17, 15) is 9.59 Å². The number of benzene rings is 2. The van der Waals surface area contributed by atoms with Gasteiger partial charge in [-0.15, -0.1) is 0 Å². The zero-order valence-electron chi connectivity index (χ0n) is 13.0. The molecule has 0 bridgehead atoms. The SMILES string of the molecule is CCCC(=O)Nc1ccc(C(=O)N/N=C/c2ccccc2)cc1. The number of hydrogen-bond acceptors (Lipinski definition) is 3. The molecule has 2 amide bonds. The van der Waals surface area contributed by atoms with Crippen molar-refractivity contribution in [3.8, 4) is 0 Å². The van der Waals surface area contributed by atoms with Crippen molar-refractivity contribution in [2.75, 3.05) is 5.32 Å². The number of nitrogens with zero attached hydrogens (tertiary/aromatic N) is 1. The standard InChI is InChI=1S/C18H19N3O2/c1-2-6-17(22)20-16-11-9-15(10-12-16)18(23)21-19-13-14-7-4-3-5-8-14/h3-5,7-13H,2,6H2,1H3,(H,20,22)(H,21,23)/b19-13+. The molecule has 0 spiro atoms. The van der Waals surface area contributed by atoms with E-state index in [2.05, 4.69) is 15.8 Å². The number of nitrogens with one attached hydrogen (secondary N) is 2. The summed E-state index contributed by atoms with van der Waals surface area (Å²) in [5, 5.41) is 6.69. The minimum Gasteiger partial charge on any atom is -0.326 e. The topological polar surface area (TPSA) is 70.6 Å². The van der Waals surface area contributed by atoms with Crippen LogP contribution in [0.3, 0.4) is 0 Å². The molecule has 0 saturated carbocycles. The number of carbonyl (C=O) groups is 2. The summed E-state index contributed by atoms with van der Waals surface area (Å²) in [4.78, 5) is 23.5. The van der Waals surface area contributed by atoms with Crippen LogP contribution in [0.4, 0.5) is 5.69 Å². The summed E-state index contributed by atoms with van der Waals surface area (Å²) < 4.78 is 0. The molecule has 23 heavy (non-hydrogen) atoms. The Kier molecular flexibility index (Phi) is 6.06. The Morgan fingerprint density at radius 2 is 1.74 bits per heavy atom. The third kappa shape index (κ3) is 5.39. The Balaban J connectivity index is 1.90. The Hall–Kier alpha value is -2.95. The van der Waals surface area contributed by atoms with Crippen LogP contribution in [0.2, 0.25) is 0 Å². The fourth-order valence-electron chi connectivity index (χ4n) is 1.92. The van der Waals surface area contributed by atoms with E-state index in [1.54, 1.807) is 30.5 Å². The average molecular weight is 309 g/mol. The van der Waals surface area contributed by atoms with Gasteiger partial charge in [0.1, 0.15) is 0 Å². The van der Waals surface area contributed by atoms with Gasteiger partial charge >= 0.3 is 0 Å². The van der Waals surface area contributed by atoms with Crippen LogP contribution < -0.4 is 10.7 Å². The highest BCUT2D eigenvalue weighted by atomic mass is 16.2. The minimum atomic E-state index is -0.302. The van der Waals surface area contributed by atoms with Gasteiger partial charge in [0, 0.05) is 17.7 Å². The molecule has 5 heteroatoms. The number of carbonyl (C=O) groups excluding carboxylic acids is 2. The van der Waals surface area contributed by atoms with Crippen LogP contribution in [0.15, 0.2) is 59.7 Å². The lowest BCUT2D eigenvalue weighted by atomic mass is 10.2. The first-order valence-corrected chi connectivity index (χ1v) is 7.47. The third-order valence-electron chi connectivity index (χ3n) is 3.09. The van der Waals surface area contributed by atoms with Crippen LogP contribution in [0, 0.1) is 0 Å². The van der Waals surface area contributed by atoms with Crippen LogP contribution >= 0.6 is 0 Å². The van der Waals surface area contributed by atoms with Crippen LogP contribution in [-0.4, -0.2) is 18.0 Å². The summed E-state index contributed by atoms with van der Waals surface area (Å²) in [6.45, 7) is 1.95. The zero-order chi connectivity index (χ0) is 16.5. The summed E-state index contributed by atoms with van der Waals surface area (Å²) in [6, 6.07) is 16.2. The third-order valence-corrected chi connectivity index (χ3v) is 3.09. The van der Waals surface area contributed by atoms with Gasteiger partial charge in [0.05, 0.1) is 6.21 Å². The van der Waals surface area contributed by atoms with Crippen molar-refractivity contribution in [3.05, 3.63) is 65.7 Å². The summed E-state index contributed by atoms with van der Waals surface area (Å²) in [6.07, 6.45) is 2.86. The second-order valence-electron chi connectivity index (χ2n) is 4.99. The fourth-order valence-corrected chi connectivity index (χ4v) is 1.92. The summed E-state index contributed by atoms with van der Waals surface area (Å²) in [7, 11) is 0. The van der Waals surface area contributed by atoms with Gasteiger partial charge in [-0.05, 0) is 36.2 Å². The van der Waals surface area contributed by atoms with Gasteiger partial charge < -0.3 is 5.32 Å². The van der Waals surface area contributed by atoms with Gasteiger partial charge in [0.2, 0.25) is 5.91 Å². The minimum absolute atomic E-state index is 0.0304. The van der Waals surface area contributed by atoms with Crippen LogP contribution in [0.25, 0.3) is 0 Å². The molecule has 0 aromatic heterocycles. The molecular formula is C18H19N3O2. The first-order valence-electron chi connectivity index (χ1n) is 7.47. The maximum atomic E-state index is 12.0. The molecule has 2 N–H and O–H groups in total. The number of hydrazone groups is 1. The van der Waals surface area contributed by atoms with E-state index in [1.165, 1.54) is 0 Å². The Labute approximate surface area is 135 Å². The van der Waals surface area contributed by atoms with Gasteiger partial charge in [0.15, 0.2) is 0 Å². The Bertz CT molecular complexity index is 679. The van der Waals surface area contributed by atoms with Gasteiger partial charge in [-0.2, -0.15) is 5.10 Å². The normalized spacial score (nSPS) is 10.5. The molecule has 2 aromatic carbocycles. The van der Waals surface area contributed by atoms with Crippen molar-refractivity contribution in [1.82, 2.24) is 5.43 Å². The highest BCUT2D eigenvalue weighted by Crippen LogP contribution is 2.10. The smallest absolute Gasteiger partial charge is 0.271 e. The molecule has 0 unspecified atom stereocenters. The molecule has 0 radical (unpaired) electrons. The lowest BCUT2D eigenvalue weighted by Gasteiger charge is -2.05. The van der Waals surface area contributed by atoms with E-state index in [0.29, 0.717) is 17.7 Å². The predicted octanol–water partition coefficient (Wildman–Crippen LogP) is 3.19. The van der Waals surface area contributed by atoms with Crippen molar-refractivity contribution in [1.29, 1.82) is 0 Å². The van der Waals surface area contributed by atoms with Crippen LogP contribution in [-0.2, 0) is 4.79 Å². The quantitative estimate of drug-likeness (QED) is 0.635. The maximum Gasteiger partial charge on any atom is 0.271 e. The molecular weight excluding hydrogens is 290 g/mol. The second-order valence-corrected chi connectivity index (χ2v) is 4.99. The van der Waals surface area contributed by atoms with Gasteiger partial charge in [-0.1, -0.05) is 37.3 Å². The van der Waals surface area contributed by atoms with Crippen molar-refractivity contribution in [2.45, 2.75) is 19.8 Å². The predicted molar refractivity (Wildman–Crippen MR) is 91.5 cm³/mol. The second kappa shape index (κ2) is 8.48. The molecule has 5 nitrogen and oxygen atoms in total. The summed E-state index contributed by atoms with van der Waals surface area (Å²) in [5.74, 6) is -0.333. The number of hydrogen-bond donors (Lipinski definition) is 2. The van der Waals surface area contributed by atoms with Crippen molar-refractivity contribution in [2.24, 2.45) is 5.10 Å². The van der Waals surface area contributed by atoms with Gasteiger partial charge in [0.25, 0.3) is 5.91 Å². The van der Waals surface area contributed by atoms with E-state index in [-0.39, 0.29) is 11.8 Å². The van der Waals surface area contributed by atoms with Crippen molar-refractivity contribution in [3.63, 3.8) is 0 Å². The van der Waals surface area contributed by atoms with E-state index >= 15 is 0 Å². The molecule has 118 valence electrons. The molecule has 0 saturated heterocycles. The highest BCUT2D eigenvalue weighted by Gasteiger charge is 2.05. The number of amides is 2. The summed E-state index contributed by atoms with van der Waals surface area (Å²) >= 11 is 0. The molecule has 0 aliphatic rings. The Morgan fingerprint density at radius 3 is 2.39 bits per heavy atom. The van der Waals surface area contributed by atoms with E-state index in [4.69, 9.17) is 0 Å². The van der Waals surface area contributed by atoms with E-state index < -0.39 is 0 Å². The lowest BCUT2D eigenvalue weighted by Crippen LogP contribution is -2.17. The zero-order valence-corrected chi connectivity index (χ0v) is 13.0. The largest absolute Gasteiger partial charge is 0.326 e. The van der Waals surface area contributed by atoms with Crippen LogP contribution in [0.5, 0.6) is 0 Å². The molecule has 0 heterocycles. The van der Waals surface area contributed by atoms with E-state index in [1.807, 2.05) is 37.3 Å². The number of anilines is 1. The molecule has 0 aliphatic heterocycles. The van der Waals surface area contributed by atoms with Gasteiger partial charge in [-0.3, -0.25) is 9.59 Å². The van der Waals surface area contributed by atoms with Crippen LogP contribution in [0.1, 0.15) is 35.7 Å². The average Bonchev–Trinajstić information content (AvgIpc) is 2.56. The molecule has 2 rings (SSSR count). The Morgan fingerprint density at radius 1 is 1.04 bits per heavy atom. The first kappa shape index (κ1) is 16.4. The fraction of sp³-hybridized carbons (Fsp3) is 0.167. The molecule has 0 atom stereocenters. The summed E-state index contributed by atoms with van der Waals surface area (Å²) in [5.41, 5.74) is 4.53. The molecule has 2 aromatic rings. The molecule has 0 aliphatic carbocycles. The van der Waals surface area contributed by atoms with Gasteiger partial charge in [-0.25, -0.2) is 5.43 Å². The van der Waals surface area contributed by atoms with E-state index in [0.717, 1.165) is 12.0 Å². The van der Waals surface area contributed by atoms with Crippen molar-refractivity contribution < 1.29 is 9.59 Å². The first-order chi connectivity index (χ1) is 11.2.